The molecule has 0 bridgehead atoms. The molecule has 4 amide bonds. The molecule has 1 saturated heterocycles. The molecule has 1 N–H and O–H groups in total. The Kier molecular flexibility index (Phi) is 4.93. The second kappa shape index (κ2) is 6.73. The Morgan fingerprint density at radius 1 is 1.00 bits per heavy atom. The van der Waals surface area contributed by atoms with Gasteiger partial charge >= 0.3 is 0 Å². The zero-order valence-electron chi connectivity index (χ0n) is 13.5. The Bertz CT molecular complexity index is 665. The molecule has 0 aliphatic carbocycles. The highest BCUT2D eigenvalue weighted by Crippen LogP contribution is 2.29. The number of imide groups is 2. The van der Waals surface area contributed by atoms with E-state index in [0.717, 1.165) is 5.56 Å². The molecule has 2 aliphatic rings. The van der Waals surface area contributed by atoms with Crippen molar-refractivity contribution in [3.8, 4) is 0 Å². The third-order valence-electron chi connectivity index (χ3n) is 3.86. The van der Waals surface area contributed by atoms with E-state index < -0.39 is 0 Å². The molecule has 122 valence electrons. The molecule has 6 heteroatoms. The molecule has 0 saturated carbocycles. The molecule has 0 unspecified atom stereocenters. The van der Waals surface area contributed by atoms with Crippen LogP contribution < -0.4 is 5.32 Å². The van der Waals surface area contributed by atoms with Crippen molar-refractivity contribution in [1.82, 2.24) is 10.2 Å². The largest absolute Gasteiger partial charge is 0.296 e. The summed E-state index contributed by atoms with van der Waals surface area (Å²) in [7, 11) is 1.52. The van der Waals surface area contributed by atoms with Crippen LogP contribution in [0.4, 0.5) is 0 Å². The lowest BCUT2D eigenvalue weighted by Gasteiger charge is -2.09. The molecular formula is C17H20N2O4. The number of fused-ring (bicyclic) bond motifs is 1. The predicted molar refractivity (Wildman–Crippen MR) is 84.0 cm³/mol. The molecule has 1 fully saturated rings. The Morgan fingerprint density at radius 3 is 2.09 bits per heavy atom. The Morgan fingerprint density at radius 2 is 1.61 bits per heavy atom. The third kappa shape index (κ3) is 3.47. The molecule has 0 atom stereocenters. The number of benzene rings is 1. The maximum absolute atomic E-state index is 11.8. The van der Waals surface area contributed by atoms with E-state index >= 15 is 0 Å². The van der Waals surface area contributed by atoms with Crippen molar-refractivity contribution in [1.29, 1.82) is 0 Å². The van der Waals surface area contributed by atoms with Crippen LogP contribution >= 0.6 is 0 Å². The fraction of sp³-hybridized carbons (Fsp3) is 0.412. The van der Waals surface area contributed by atoms with E-state index in [2.05, 4.69) is 5.32 Å². The van der Waals surface area contributed by atoms with Crippen molar-refractivity contribution >= 4 is 23.6 Å². The fourth-order valence-corrected chi connectivity index (χ4v) is 2.60. The lowest BCUT2D eigenvalue weighted by atomic mass is 9.94. The minimum absolute atomic E-state index is 0.138. The summed E-state index contributed by atoms with van der Waals surface area (Å²) in [5, 5.41) is 2.20. The molecule has 2 aliphatic heterocycles. The van der Waals surface area contributed by atoms with E-state index in [0.29, 0.717) is 30.4 Å². The van der Waals surface area contributed by atoms with Gasteiger partial charge in [-0.15, -0.1) is 0 Å². The van der Waals surface area contributed by atoms with Crippen LogP contribution in [0.5, 0.6) is 0 Å². The number of nitrogens with one attached hydrogen (secondary N) is 1. The SMILES string of the molecule is CC(C)c1cccc2c1C(=O)N(C)C2=O.O=C1CCCC(=O)N1. The predicted octanol–water partition coefficient (Wildman–Crippen LogP) is 1.85. The van der Waals surface area contributed by atoms with Gasteiger partial charge in [0.15, 0.2) is 0 Å². The van der Waals surface area contributed by atoms with E-state index in [4.69, 9.17) is 0 Å². The first-order valence-electron chi connectivity index (χ1n) is 7.61. The molecule has 1 aromatic carbocycles. The first-order chi connectivity index (χ1) is 10.8. The third-order valence-corrected chi connectivity index (χ3v) is 3.86. The smallest absolute Gasteiger partial charge is 0.261 e. The number of hydrogen-bond acceptors (Lipinski definition) is 4. The van der Waals surface area contributed by atoms with Gasteiger partial charge in [-0.3, -0.25) is 29.4 Å². The first-order valence-corrected chi connectivity index (χ1v) is 7.61. The zero-order valence-corrected chi connectivity index (χ0v) is 13.5. The van der Waals surface area contributed by atoms with Crippen molar-refractivity contribution in [3.05, 3.63) is 34.9 Å². The molecule has 3 rings (SSSR count). The van der Waals surface area contributed by atoms with Crippen LogP contribution in [0.1, 0.15) is 65.3 Å². The quantitative estimate of drug-likeness (QED) is 0.801. The Balaban J connectivity index is 0.000000203. The topological polar surface area (TPSA) is 83.6 Å². The second-order valence-corrected chi connectivity index (χ2v) is 5.92. The number of rotatable bonds is 1. The molecule has 23 heavy (non-hydrogen) atoms. The summed E-state index contributed by atoms with van der Waals surface area (Å²) in [5.41, 5.74) is 2.07. The van der Waals surface area contributed by atoms with Crippen LogP contribution in [-0.2, 0) is 9.59 Å². The number of nitrogens with zero attached hydrogens (tertiary/aromatic N) is 1. The van der Waals surface area contributed by atoms with Gasteiger partial charge in [0.25, 0.3) is 11.8 Å². The van der Waals surface area contributed by atoms with Gasteiger partial charge in [-0.05, 0) is 24.0 Å². The molecule has 2 heterocycles. The second-order valence-electron chi connectivity index (χ2n) is 5.92. The summed E-state index contributed by atoms with van der Waals surface area (Å²) in [5.74, 6) is -0.400. The van der Waals surface area contributed by atoms with Gasteiger partial charge in [0.2, 0.25) is 11.8 Å². The van der Waals surface area contributed by atoms with Crippen LogP contribution in [-0.4, -0.2) is 35.6 Å². The number of hydrogen-bond donors (Lipinski definition) is 1. The van der Waals surface area contributed by atoms with Gasteiger partial charge in [0.1, 0.15) is 0 Å². The van der Waals surface area contributed by atoms with Crippen LogP contribution in [0.25, 0.3) is 0 Å². The number of amides is 4. The van der Waals surface area contributed by atoms with Crippen molar-refractivity contribution in [2.24, 2.45) is 0 Å². The summed E-state index contributed by atoms with van der Waals surface area (Å²) in [6.07, 6.45) is 1.72. The van der Waals surface area contributed by atoms with E-state index in [-0.39, 0.29) is 29.5 Å². The molecule has 1 aromatic rings. The number of piperidine rings is 1. The van der Waals surface area contributed by atoms with Crippen molar-refractivity contribution < 1.29 is 19.2 Å². The molecular weight excluding hydrogens is 296 g/mol. The van der Waals surface area contributed by atoms with Crippen LogP contribution in [0.3, 0.4) is 0 Å². The summed E-state index contributed by atoms with van der Waals surface area (Å²) < 4.78 is 0. The normalized spacial score (nSPS) is 17.0. The van der Waals surface area contributed by atoms with Gasteiger partial charge in [0, 0.05) is 19.9 Å². The van der Waals surface area contributed by atoms with Crippen molar-refractivity contribution in [3.63, 3.8) is 0 Å². The van der Waals surface area contributed by atoms with E-state index in [1.54, 1.807) is 6.07 Å². The average molecular weight is 316 g/mol. The highest BCUT2D eigenvalue weighted by atomic mass is 16.2. The van der Waals surface area contributed by atoms with E-state index in [9.17, 15) is 19.2 Å². The minimum Gasteiger partial charge on any atom is -0.296 e. The molecule has 0 aromatic heterocycles. The number of carbonyl (C=O) groups is 4. The molecule has 6 nitrogen and oxygen atoms in total. The van der Waals surface area contributed by atoms with Gasteiger partial charge in [-0.2, -0.15) is 0 Å². The highest BCUT2D eigenvalue weighted by molar-refractivity contribution is 6.21. The van der Waals surface area contributed by atoms with Crippen LogP contribution in [0.2, 0.25) is 0 Å². The monoisotopic (exact) mass is 316 g/mol. The van der Waals surface area contributed by atoms with E-state index in [1.165, 1.54) is 11.9 Å². The maximum Gasteiger partial charge on any atom is 0.261 e. The summed E-state index contributed by atoms with van der Waals surface area (Å²) >= 11 is 0. The Labute approximate surface area is 134 Å². The summed E-state index contributed by atoms with van der Waals surface area (Å²) in [6.45, 7) is 4.04. The van der Waals surface area contributed by atoms with Crippen LogP contribution in [0.15, 0.2) is 18.2 Å². The van der Waals surface area contributed by atoms with Gasteiger partial charge < -0.3 is 0 Å². The van der Waals surface area contributed by atoms with Gasteiger partial charge in [-0.25, -0.2) is 0 Å². The van der Waals surface area contributed by atoms with Crippen molar-refractivity contribution in [2.45, 2.75) is 39.0 Å². The maximum atomic E-state index is 11.8. The van der Waals surface area contributed by atoms with Gasteiger partial charge in [0.05, 0.1) is 11.1 Å². The van der Waals surface area contributed by atoms with Crippen molar-refractivity contribution in [2.75, 3.05) is 7.05 Å². The minimum atomic E-state index is -0.197. The zero-order chi connectivity index (χ0) is 17.1. The summed E-state index contributed by atoms with van der Waals surface area (Å²) in [6, 6.07) is 5.46. The molecule has 0 spiro atoms. The van der Waals surface area contributed by atoms with E-state index in [1.807, 2.05) is 26.0 Å². The highest BCUT2D eigenvalue weighted by Gasteiger charge is 2.34. The van der Waals surface area contributed by atoms with Gasteiger partial charge in [-0.1, -0.05) is 26.0 Å². The first kappa shape index (κ1) is 16.9. The number of carbonyl (C=O) groups excluding carboxylic acids is 4. The lowest BCUT2D eigenvalue weighted by Crippen LogP contribution is -2.33. The standard InChI is InChI=1S/C12H13NO2.C5H7NO2/c1-7(2)8-5-4-6-9-10(8)12(15)13(3)11(9)14;7-4-2-1-3-5(8)6-4/h4-7H,1-3H3;1-3H2,(H,6,7,8). The molecule has 0 radical (unpaired) electrons. The average Bonchev–Trinajstić information content (AvgIpc) is 2.72. The Hall–Kier alpha value is -2.50. The summed E-state index contributed by atoms with van der Waals surface area (Å²) in [4.78, 5) is 45.4. The lowest BCUT2D eigenvalue weighted by molar-refractivity contribution is -0.132. The van der Waals surface area contributed by atoms with Crippen LogP contribution in [0, 0.1) is 0 Å². The fourth-order valence-electron chi connectivity index (χ4n) is 2.60.